The van der Waals surface area contributed by atoms with Crippen molar-refractivity contribution < 1.29 is 58.1 Å². The molecule has 0 bridgehead atoms. The fourth-order valence-corrected chi connectivity index (χ4v) is 8.03. The number of amides is 7. The SMILES string of the molecule is C=C1C(=O)N[C@@H](CC(C)C)C(=O)N[C@H](CC(C)C)C(=O)N[C@H](C(=O)O)[C@H](C)C(=O)N[C@H](CCCN=C(N)N)C(=O)N[C@@H](/C=C/C(C)=C/[C@H](C)[C@H](Cc2ccccc2)OC)[C@@H](C)C(=O)N[C@@H](C(=O)O)CCC(=O)N1C. The summed E-state index contributed by atoms with van der Waals surface area (Å²) >= 11 is 0. The summed E-state index contributed by atoms with van der Waals surface area (Å²) in [6.45, 7) is 17.3. The van der Waals surface area contributed by atoms with Gasteiger partial charge in [-0.15, -0.1) is 0 Å². The van der Waals surface area contributed by atoms with Crippen LogP contribution in [-0.4, -0.2) is 137 Å². The summed E-state index contributed by atoms with van der Waals surface area (Å²) < 4.78 is 5.82. The number of likely N-dealkylation sites (N-methyl/N-ethyl adjacent to an activating group) is 1. The molecule has 1 aromatic carbocycles. The zero-order chi connectivity index (χ0) is 56.0. The normalized spacial score (nSPS) is 24.9. The Morgan fingerprint density at radius 1 is 0.797 bits per heavy atom. The summed E-state index contributed by atoms with van der Waals surface area (Å²) in [5.41, 5.74) is 12.4. The van der Waals surface area contributed by atoms with E-state index >= 15 is 0 Å². The molecule has 10 atom stereocenters. The van der Waals surface area contributed by atoms with Crippen LogP contribution in [0, 0.1) is 29.6 Å². The Morgan fingerprint density at radius 3 is 1.91 bits per heavy atom. The summed E-state index contributed by atoms with van der Waals surface area (Å²) in [5, 5.41) is 36.0. The summed E-state index contributed by atoms with van der Waals surface area (Å²) in [5.74, 6) is -12.7. The molecular formula is C52H80N10O12. The monoisotopic (exact) mass is 1040 g/mol. The predicted octanol–water partition coefficient (Wildman–Crippen LogP) is 1.64. The van der Waals surface area contributed by atoms with Crippen molar-refractivity contribution in [3.8, 4) is 0 Å². The van der Waals surface area contributed by atoms with Crippen LogP contribution in [0.3, 0.4) is 0 Å². The number of benzene rings is 1. The van der Waals surface area contributed by atoms with Gasteiger partial charge in [0.1, 0.15) is 35.9 Å². The molecular weight excluding hydrogens is 957 g/mol. The predicted molar refractivity (Wildman–Crippen MR) is 278 cm³/mol. The molecule has 0 unspecified atom stereocenters. The molecule has 0 saturated carbocycles. The Bertz CT molecular complexity index is 2230. The van der Waals surface area contributed by atoms with Crippen LogP contribution in [0.1, 0.15) is 99.5 Å². The summed E-state index contributed by atoms with van der Waals surface area (Å²) in [6, 6.07) is 1.03. The van der Waals surface area contributed by atoms with Crippen LogP contribution in [0.4, 0.5) is 0 Å². The highest BCUT2D eigenvalue weighted by atomic mass is 16.5. The number of ether oxygens (including phenoxy) is 1. The molecule has 0 radical (unpaired) electrons. The number of aliphatic imine (C=N–C) groups is 1. The number of nitrogens with zero attached hydrogens (tertiary/aromatic N) is 2. The Hall–Kier alpha value is -7.10. The van der Waals surface area contributed by atoms with Crippen molar-refractivity contribution >= 4 is 59.2 Å². The van der Waals surface area contributed by atoms with E-state index in [1.54, 1.807) is 47.8 Å². The maximum absolute atomic E-state index is 14.4. The molecule has 22 heteroatoms. The first-order valence-electron chi connectivity index (χ1n) is 24.9. The first kappa shape index (κ1) is 63.0. The third-order valence-corrected chi connectivity index (χ3v) is 12.5. The summed E-state index contributed by atoms with van der Waals surface area (Å²) in [7, 11) is 2.85. The lowest BCUT2D eigenvalue weighted by atomic mass is 9.94. The number of carboxylic acid groups (broad SMARTS) is 2. The minimum atomic E-state index is -1.89. The van der Waals surface area contributed by atoms with Gasteiger partial charge in [0.25, 0.3) is 5.91 Å². The molecule has 410 valence electrons. The number of aliphatic carboxylic acids is 2. The molecule has 1 saturated heterocycles. The van der Waals surface area contributed by atoms with Crippen molar-refractivity contribution in [3.05, 3.63) is 72.0 Å². The number of nitrogens with one attached hydrogen (secondary N) is 6. The highest BCUT2D eigenvalue weighted by Gasteiger charge is 2.38. The van der Waals surface area contributed by atoms with Gasteiger partial charge in [0.15, 0.2) is 5.96 Å². The Kier molecular flexibility index (Phi) is 26.2. The number of carbonyl (C=O) groups excluding carboxylic acids is 7. The van der Waals surface area contributed by atoms with E-state index in [1.807, 2.05) is 43.3 Å². The lowest BCUT2D eigenvalue weighted by Crippen LogP contribution is -2.59. The van der Waals surface area contributed by atoms with Gasteiger partial charge in [-0.1, -0.05) is 109 Å². The van der Waals surface area contributed by atoms with Gasteiger partial charge in [0.05, 0.1) is 24.0 Å². The lowest BCUT2D eigenvalue weighted by Gasteiger charge is -2.29. The van der Waals surface area contributed by atoms with Crippen molar-refractivity contribution in [3.63, 3.8) is 0 Å². The fourth-order valence-electron chi connectivity index (χ4n) is 8.03. The number of nitrogens with two attached hydrogens (primary N) is 2. The maximum Gasteiger partial charge on any atom is 0.327 e. The first-order chi connectivity index (χ1) is 34.7. The van der Waals surface area contributed by atoms with E-state index in [0.717, 1.165) is 10.5 Å². The van der Waals surface area contributed by atoms with Crippen LogP contribution in [0.25, 0.3) is 0 Å². The number of hydrogen-bond donors (Lipinski definition) is 10. The van der Waals surface area contributed by atoms with Crippen molar-refractivity contribution in [1.29, 1.82) is 0 Å². The number of methoxy groups -OCH3 is 1. The van der Waals surface area contributed by atoms with Crippen LogP contribution >= 0.6 is 0 Å². The number of rotatable bonds is 17. The van der Waals surface area contributed by atoms with E-state index in [1.165, 1.54) is 27.0 Å². The molecule has 74 heavy (non-hydrogen) atoms. The van der Waals surface area contributed by atoms with Gasteiger partial charge in [-0.05, 0) is 62.8 Å². The minimum Gasteiger partial charge on any atom is -0.480 e. The minimum absolute atomic E-state index is 0.00777. The van der Waals surface area contributed by atoms with Crippen molar-refractivity contribution in [2.45, 2.75) is 143 Å². The number of guanidine groups is 1. The average molecular weight is 1040 g/mol. The maximum atomic E-state index is 14.4. The molecule has 7 amide bonds. The van der Waals surface area contributed by atoms with Gasteiger partial charge < -0.3 is 63.2 Å². The second kappa shape index (κ2) is 30.8. The Balaban J connectivity index is 2.78. The zero-order valence-electron chi connectivity index (χ0n) is 44.4. The first-order valence-corrected chi connectivity index (χ1v) is 24.9. The molecule has 22 nitrogen and oxygen atoms in total. The lowest BCUT2D eigenvalue weighted by molar-refractivity contribution is -0.146. The topological polar surface area (TPSA) is 343 Å². The van der Waals surface area contributed by atoms with Gasteiger partial charge in [-0.2, -0.15) is 0 Å². The molecule has 2 rings (SSSR count). The van der Waals surface area contributed by atoms with Crippen molar-refractivity contribution in [2.75, 3.05) is 20.7 Å². The van der Waals surface area contributed by atoms with Crippen LogP contribution in [0.2, 0.25) is 0 Å². The Labute approximate surface area is 434 Å². The fraction of sp³-hybridized carbons (Fsp3) is 0.577. The highest BCUT2D eigenvalue weighted by Crippen LogP contribution is 2.19. The van der Waals surface area contributed by atoms with Gasteiger partial charge in [-0.3, -0.25) is 38.6 Å². The van der Waals surface area contributed by atoms with Gasteiger partial charge in [0, 0.05) is 33.0 Å². The zero-order valence-corrected chi connectivity index (χ0v) is 44.4. The number of hydrogen-bond acceptors (Lipinski definition) is 11. The molecule has 1 aromatic rings. The smallest absolute Gasteiger partial charge is 0.327 e. The number of carbonyl (C=O) groups is 9. The van der Waals surface area contributed by atoms with Crippen LogP contribution in [0.5, 0.6) is 0 Å². The van der Waals surface area contributed by atoms with E-state index in [-0.39, 0.29) is 62.0 Å². The van der Waals surface area contributed by atoms with Gasteiger partial charge in [0.2, 0.25) is 35.4 Å². The van der Waals surface area contributed by atoms with Gasteiger partial charge in [-0.25, -0.2) is 9.59 Å². The molecule has 1 heterocycles. The van der Waals surface area contributed by atoms with Crippen LogP contribution in [0.15, 0.2) is 71.4 Å². The highest BCUT2D eigenvalue weighted by molar-refractivity contribution is 6.00. The molecule has 1 aliphatic heterocycles. The van der Waals surface area contributed by atoms with Crippen LogP contribution in [-0.2, 0) is 54.3 Å². The third kappa shape index (κ3) is 21.2. The molecule has 12 N–H and O–H groups in total. The second-order valence-electron chi connectivity index (χ2n) is 19.7. The molecule has 1 aliphatic rings. The number of allylic oxidation sites excluding steroid dienone is 2. The third-order valence-electron chi connectivity index (χ3n) is 12.5. The quantitative estimate of drug-likeness (QED) is 0.0349. The summed E-state index contributed by atoms with van der Waals surface area (Å²) in [6.07, 6.45) is 4.71. The summed E-state index contributed by atoms with van der Waals surface area (Å²) in [4.78, 5) is 128. The molecule has 1 fully saturated rings. The average Bonchev–Trinajstić information content (AvgIpc) is 3.33. The van der Waals surface area contributed by atoms with Crippen LogP contribution < -0.4 is 43.4 Å². The van der Waals surface area contributed by atoms with E-state index < -0.39 is 120 Å². The van der Waals surface area contributed by atoms with E-state index in [2.05, 4.69) is 43.5 Å². The second-order valence-corrected chi connectivity index (χ2v) is 19.7. The van der Waals surface area contributed by atoms with E-state index in [0.29, 0.717) is 12.0 Å². The largest absolute Gasteiger partial charge is 0.480 e. The molecule has 0 spiro atoms. The molecule has 0 aliphatic carbocycles. The van der Waals surface area contributed by atoms with Crippen molar-refractivity contribution in [1.82, 2.24) is 36.8 Å². The molecule has 0 aromatic heterocycles. The van der Waals surface area contributed by atoms with E-state index in [4.69, 9.17) is 16.2 Å². The van der Waals surface area contributed by atoms with Crippen molar-refractivity contribution in [2.24, 2.45) is 46.0 Å². The Morgan fingerprint density at radius 2 is 1.35 bits per heavy atom. The standard InChI is InChI=1S/C52H80N10O12/c1-28(2)24-39-48(68)60-40(25-29(3)4)49(69)61-43(51(72)73)33(8)45(65)57-37(18-15-23-55-52(53)54)47(67)56-36(20-19-30(5)26-31(6)41(74-11)27-35-16-13-12-14-17-35)32(7)44(64)58-38(50(70)71)21-22-42(63)62(10)34(9)46(66)59-39/h12-14,16-17,19-20,26,28-29,31-33,36-41,43H,9,15,18,21-25,27H2,1-8,10-11H3,(H,56,67)(H,57,65)(H,58,64)(H,59,66)(H,60,68)(H,61,69)(H,70,71)(H,72,73)(H4,53,54,55)/b20-19+,30-26+/t31-,32+,33-,36-,37+,38+,39-,40+,41-,43-/m0/s1. The van der Waals surface area contributed by atoms with Gasteiger partial charge >= 0.3 is 11.9 Å². The number of carboxylic acids is 2. The van der Waals surface area contributed by atoms with E-state index in [9.17, 15) is 53.4 Å².